The SMILES string of the molecule is CCOC(=O)[C@@]1(N(C(=O)OC(C)(C)C)C(=O)OC(C)(C)C)C[C@H]1C=CCCCCC[C@H](NC(=O)C(F)(F)F)C(=O)N1C[C@H](O)C[C@H]1C(=O)OCC[Si](C)(C)C. The molecule has 0 aromatic heterocycles. The Morgan fingerprint density at radius 3 is 2.04 bits per heavy atom. The first-order valence-electron chi connectivity index (χ1n) is 18.8. The number of hydrogen-bond acceptors (Lipinski definition) is 11. The van der Waals surface area contributed by atoms with Crippen molar-refractivity contribution >= 4 is 44.0 Å². The number of halogens is 3. The molecule has 0 unspecified atom stereocenters. The van der Waals surface area contributed by atoms with Gasteiger partial charge in [-0.25, -0.2) is 19.2 Å². The molecule has 1 saturated carbocycles. The lowest BCUT2D eigenvalue weighted by molar-refractivity contribution is -0.175. The molecule has 0 spiro atoms. The molecule has 0 aromatic rings. The number of ether oxygens (including phenoxy) is 4. The van der Waals surface area contributed by atoms with E-state index in [2.05, 4.69) is 19.6 Å². The minimum atomic E-state index is -5.26. The maximum absolute atomic E-state index is 13.5. The van der Waals surface area contributed by atoms with Gasteiger partial charge in [-0.1, -0.05) is 44.6 Å². The highest BCUT2D eigenvalue weighted by Gasteiger charge is 2.69. The van der Waals surface area contributed by atoms with Gasteiger partial charge < -0.3 is 34.3 Å². The Balaban J connectivity index is 2.13. The lowest BCUT2D eigenvalue weighted by atomic mass is 10.0. The van der Waals surface area contributed by atoms with E-state index in [9.17, 15) is 47.0 Å². The fourth-order valence-electron chi connectivity index (χ4n) is 5.94. The molecule has 1 aliphatic carbocycles. The number of aliphatic hydroxyl groups excluding tert-OH is 1. The summed E-state index contributed by atoms with van der Waals surface area (Å²) in [4.78, 5) is 80.0. The van der Waals surface area contributed by atoms with Crippen molar-refractivity contribution in [3.8, 4) is 0 Å². The van der Waals surface area contributed by atoms with Gasteiger partial charge in [0.25, 0.3) is 0 Å². The Bertz CT molecular complexity index is 1390. The van der Waals surface area contributed by atoms with Crippen LogP contribution in [-0.2, 0) is 38.1 Å². The molecule has 1 saturated heterocycles. The summed E-state index contributed by atoms with van der Waals surface area (Å²) >= 11 is 0. The summed E-state index contributed by atoms with van der Waals surface area (Å²) in [5.74, 6) is -5.42. The number of carbonyl (C=O) groups is 6. The van der Waals surface area contributed by atoms with Gasteiger partial charge in [-0.3, -0.25) is 9.59 Å². The maximum Gasteiger partial charge on any atom is 0.471 e. The van der Waals surface area contributed by atoms with Crippen LogP contribution in [0.4, 0.5) is 22.8 Å². The number of amides is 4. The van der Waals surface area contributed by atoms with E-state index in [1.807, 2.05) is 0 Å². The zero-order valence-corrected chi connectivity index (χ0v) is 34.8. The molecular formula is C37H60F3N3O11Si. The first-order valence-corrected chi connectivity index (χ1v) is 22.5. The molecule has 1 aliphatic heterocycles. The third-order valence-electron chi connectivity index (χ3n) is 8.69. The predicted molar refractivity (Wildman–Crippen MR) is 197 cm³/mol. The maximum atomic E-state index is 13.5. The van der Waals surface area contributed by atoms with Crippen LogP contribution in [0.15, 0.2) is 12.2 Å². The number of likely N-dealkylation sites (tertiary alicyclic amines) is 1. The second-order valence-corrected chi connectivity index (χ2v) is 22.8. The highest BCUT2D eigenvalue weighted by molar-refractivity contribution is 6.76. The Hall–Kier alpha value is -3.67. The molecule has 18 heteroatoms. The highest BCUT2D eigenvalue weighted by atomic mass is 28.3. The number of β-amino-alcohol motifs (C(OH)–C–C–N with tert-alkyl or cyclic N) is 1. The molecule has 314 valence electrons. The van der Waals surface area contributed by atoms with Crippen molar-refractivity contribution in [1.29, 1.82) is 0 Å². The quantitative estimate of drug-likeness (QED) is 0.0626. The Morgan fingerprint density at radius 2 is 1.53 bits per heavy atom. The average molecular weight is 808 g/mol. The van der Waals surface area contributed by atoms with Crippen LogP contribution >= 0.6 is 0 Å². The molecule has 0 aromatic carbocycles. The molecule has 4 amide bonds. The smallest absolute Gasteiger partial charge is 0.464 e. The second-order valence-electron chi connectivity index (χ2n) is 17.2. The summed E-state index contributed by atoms with van der Waals surface area (Å²) < 4.78 is 61.3. The van der Waals surface area contributed by atoms with Crippen molar-refractivity contribution < 1.29 is 66.0 Å². The molecule has 2 fully saturated rings. The van der Waals surface area contributed by atoms with E-state index in [0.29, 0.717) is 30.2 Å². The number of aliphatic hydroxyl groups is 1. The minimum Gasteiger partial charge on any atom is -0.464 e. The third kappa shape index (κ3) is 14.7. The normalized spacial score (nSPS) is 22.1. The van der Waals surface area contributed by atoms with Crippen molar-refractivity contribution in [3.63, 3.8) is 0 Å². The van der Waals surface area contributed by atoms with E-state index in [1.54, 1.807) is 65.9 Å². The van der Waals surface area contributed by atoms with Gasteiger partial charge in [0.15, 0.2) is 5.54 Å². The van der Waals surface area contributed by atoms with Gasteiger partial charge in [-0.05, 0) is 80.2 Å². The number of carbonyl (C=O) groups excluding carboxylic acids is 6. The predicted octanol–water partition coefficient (Wildman–Crippen LogP) is 5.88. The lowest BCUT2D eigenvalue weighted by Gasteiger charge is -2.33. The van der Waals surface area contributed by atoms with E-state index < -0.39 is 91.0 Å². The van der Waals surface area contributed by atoms with E-state index in [0.717, 1.165) is 4.90 Å². The number of nitrogens with zero attached hydrogens (tertiary/aromatic N) is 2. The molecule has 2 aliphatic rings. The standard InChI is InChI=1S/C37H60F3N3O11Si/c1-11-51-31(48)36(43(32(49)53-34(2,3)4)33(50)54-35(5,6)7)22-24(36)17-15-13-12-14-16-18-26(41-30(47)37(38,39)40)28(45)42-23-25(44)21-27(42)29(46)52-19-20-55(8,9)10/h15,17,24-27,44H,11-14,16,18-23H2,1-10H3,(H,41,47)/t24-,25-,26+,27+,36-/m1/s1. The number of rotatable bonds is 16. The van der Waals surface area contributed by atoms with Gasteiger partial charge in [0.05, 0.1) is 19.3 Å². The number of hydrogen-bond donors (Lipinski definition) is 2. The van der Waals surface area contributed by atoms with Crippen molar-refractivity contribution in [1.82, 2.24) is 15.1 Å². The summed E-state index contributed by atoms with van der Waals surface area (Å²) in [6.07, 6.45) is -3.80. The summed E-state index contributed by atoms with van der Waals surface area (Å²) in [6.45, 7) is 17.3. The average Bonchev–Trinajstić information content (AvgIpc) is 3.58. The number of alkyl halides is 3. The first kappa shape index (κ1) is 47.5. The van der Waals surface area contributed by atoms with E-state index >= 15 is 0 Å². The number of imide groups is 1. The number of unbranched alkanes of at least 4 members (excludes halogenated alkanes) is 3. The van der Waals surface area contributed by atoms with E-state index in [1.165, 1.54) is 0 Å². The van der Waals surface area contributed by atoms with Crippen LogP contribution in [-0.4, -0.2) is 120 Å². The number of esters is 2. The molecule has 14 nitrogen and oxygen atoms in total. The van der Waals surface area contributed by atoms with Crippen molar-refractivity contribution in [2.75, 3.05) is 19.8 Å². The molecule has 55 heavy (non-hydrogen) atoms. The van der Waals surface area contributed by atoms with Crippen molar-refractivity contribution in [3.05, 3.63) is 12.2 Å². The Morgan fingerprint density at radius 1 is 0.945 bits per heavy atom. The molecule has 2 N–H and O–H groups in total. The molecule has 0 radical (unpaired) electrons. The fraction of sp³-hybridized carbons (Fsp3) is 0.784. The van der Waals surface area contributed by atoms with Crippen LogP contribution in [0.25, 0.3) is 0 Å². The van der Waals surface area contributed by atoms with Gasteiger partial charge in [0, 0.05) is 27.0 Å². The number of allylic oxidation sites excluding steroid dienone is 1. The van der Waals surface area contributed by atoms with Gasteiger partial charge >= 0.3 is 36.2 Å². The fourth-order valence-corrected chi connectivity index (χ4v) is 6.65. The van der Waals surface area contributed by atoms with Gasteiger partial charge in [0.2, 0.25) is 5.91 Å². The van der Waals surface area contributed by atoms with E-state index in [4.69, 9.17) is 18.9 Å². The zero-order chi connectivity index (χ0) is 42.2. The van der Waals surface area contributed by atoms with Gasteiger partial charge in [-0.2, -0.15) is 18.1 Å². The second kappa shape index (κ2) is 19.0. The van der Waals surface area contributed by atoms with Crippen LogP contribution < -0.4 is 5.32 Å². The summed E-state index contributed by atoms with van der Waals surface area (Å²) in [5, 5.41) is 12.0. The van der Waals surface area contributed by atoms with Crippen LogP contribution in [0.1, 0.15) is 93.4 Å². The van der Waals surface area contributed by atoms with Crippen LogP contribution in [0.3, 0.4) is 0 Å². The summed E-state index contributed by atoms with van der Waals surface area (Å²) in [7, 11) is -1.56. The Labute approximate surface area is 322 Å². The van der Waals surface area contributed by atoms with Crippen molar-refractivity contribution in [2.45, 2.75) is 160 Å². The van der Waals surface area contributed by atoms with Crippen molar-refractivity contribution in [2.24, 2.45) is 5.92 Å². The monoisotopic (exact) mass is 807 g/mol. The van der Waals surface area contributed by atoms with Gasteiger partial charge in [0.1, 0.15) is 23.3 Å². The van der Waals surface area contributed by atoms with Crippen LogP contribution in [0.5, 0.6) is 0 Å². The third-order valence-corrected chi connectivity index (χ3v) is 10.4. The molecule has 1 heterocycles. The summed E-state index contributed by atoms with van der Waals surface area (Å²) in [6, 6.07) is -2.16. The molecular weight excluding hydrogens is 747 g/mol. The first-order chi connectivity index (χ1) is 25.1. The van der Waals surface area contributed by atoms with Crippen LogP contribution in [0, 0.1) is 5.92 Å². The van der Waals surface area contributed by atoms with Crippen LogP contribution in [0.2, 0.25) is 25.7 Å². The molecule has 0 bridgehead atoms. The topological polar surface area (TPSA) is 178 Å². The lowest BCUT2D eigenvalue weighted by Crippen LogP contribution is -2.55. The Kier molecular flexibility index (Phi) is 16.4. The highest BCUT2D eigenvalue weighted by Crippen LogP contribution is 2.51. The zero-order valence-electron chi connectivity index (χ0n) is 33.8. The number of nitrogens with one attached hydrogen (secondary N) is 1. The minimum absolute atomic E-state index is 0.0117. The summed E-state index contributed by atoms with van der Waals surface area (Å²) in [5.41, 5.74) is -3.70. The van der Waals surface area contributed by atoms with Gasteiger partial charge in [-0.15, -0.1) is 0 Å². The van der Waals surface area contributed by atoms with E-state index in [-0.39, 0.29) is 45.4 Å². The molecule has 2 rings (SSSR count). The largest absolute Gasteiger partial charge is 0.471 e. The molecule has 5 atom stereocenters.